The van der Waals surface area contributed by atoms with Gasteiger partial charge in [0, 0.05) is 60.2 Å². The molecule has 0 spiro atoms. The molecule has 3 aliphatic heterocycles. The van der Waals surface area contributed by atoms with E-state index < -0.39 is 18.4 Å². The number of nitrogens with one attached hydrogen (secondary N) is 3. The summed E-state index contributed by atoms with van der Waals surface area (Å²) in [5.41, 5.74) is 5.78. The Morgan fingerprint density at radius 1 is 0.583 bits per heavy atom. The van der Waals surface area contributed by atoms with E-state index in [1.54, 1.807) is 37.6 Å². The number of hydrogen-bond donors (Lipinski definition) is 3. The maximum absolute atomic E-state index is 11.7. The average molecular weight is 1040 g/mol. The van der Waals surface area contributed by atoms with E-state index in [0.717, 1.165) is 21.1 Å². The number of unbranched alkanes of at least 4 members (excludes halogenated alkanes) is 3. The number of rotatable bonds is 12. The van der Waals surface area contributed by atoms with Crippen LogP contribution in [0.2, 0.25) is 13.3 Å². The smallest absolute Gasteiger partial charge is 0.224 e. The molecule has 11 heteroatoms. The quantitative estimate of drug-likeness (QED) is 0.122. The fourth-order valence-electron chi connectivity index (χ4n) is 7.05. The van der Waals surface area contributed by atoms with E-state index in [9.17, 15) is 28.8 Å². The summed E-state index contributed by atoms with van der Waals surface area (Å²) in [4.78, 5) is 68.7. The van der Waals surface area contributed by atoms with Crippen molar-refractivity contribution >= 4 is 99.2 Å². The van der Waals surface area contributed by atoms with Gasteiger partial charge in [-0.1, -0.05) is 39.1 Å². The van der Waals surface area contributed by atoms with Crippen LogP contribution < -0.4 is 16.0 Å². The van der Waals surface area contributed by atoms with E-state index in [2.05, 4.69) is 76.6 Å². The molecule has 0 aliphatic carbocycles. The van der Waals surface area contributed by atoms with Crippen molar-refractivity contribution in [2.45, 2.75) is 132 Å². The molecule has 60 heavy (non-hydrogen) atoms. The summed E-state index contributed by atoms with van der Waals surface area (Å²) >= 11 is 0.299. The van der Waals surface area contributed by atoms with Crippen LogP contribution in [-0.2, 0) is 20.8 Å². The Bertz CT molecular complexity index is 1980. The molecule has 9 nitrogen and oxygen atoms in total. The summed E-state index contributed by atoms with van der Waals surface area (Å²) in [6.45, 7) is 16.8. The molecule has 0 aromatic heterocycles. The summed E-state index contributed by atoms with van der Waals surface area (Å²) in [7, 11) is 0. The summed E-state index contributed by atoms with van der Waals surface area (Å²) in [6, 6.07) is 16.4. The van der Waals surface area contributed by atoms with Gasteiger partial charge in [0.2, 0.25) is 17.7 Å². The molecule has 326 valence electrons. The Balaban J connectivity index is 0.000000402. The van der Waals surface area contributed by atoms with Crippen LogP contribution in [0.1, 0.15) is 156 Å². The van der Waals surface area contributed by atoms with Gasteiger partial charge in [0.25, 0.3) is 0 Å². The van der Waals surface area contributed by atoms with Crippen molar-refractivity contribution in [2.75, 3.05) is 16.0 Å². The largest absolute Gasteiger partial charge is 0.325 e. The van der Waals surface area contributed by atoms with Crippen LogP contribution in [-0.4, -0.2) is 53.4 Å². The molecule has 3 aromatic carbocycles. The SMILES string of the molecule is C.C=Cc1ccc2c(c1)NC(=O)CCC2=O.C=[CH][Sn]([CH2]CCC)([CH2]CCC)[CH2]CCC.CCc1ccc2c(c1)NC(=O)CCC2=O.O=C1CCC(=O)c2ccc(I)cc2N1.[HH]. The van der Waals surface area contributed by atoms with Crippen LogP contribution in [0.3, 0.4) is 0 Å². The van der Waals surface area contributed by atoms with Gasteiger partial charge in [-0.25, -0.2) is 0 Å². The van der Waals surface area contributed by atoms with Gasteiger partial charge >= 0.3 is 102 Å². The van der Waals surface area contributed by atoms with Gasteiger partial charge in [0.1, 0.15) is 0 Å². The minimum absolute atomic E-state index is 0. The first-order valence-corrected chi connectivity index (χ1v) is 29.9. The minimum Gasteiger partial charge on any atom is -0.325 e. The number of amides is 3. The van der Waals surface area contributed by atoms with Crippen molar-refractivity contribution in [1.82, 2.24) is 0 Å². The van der Waals surface area contributed by atoms with E-state index >= 15 is 0 Å². The Kier molecular flexibility index (Phi) is 23.6. The maximum atomic E-state index is 11.7. The standard InChI is InChI=1S/C12H13NO2.C12H11NO2.C10H8INO2.3C4H9.C2H3.CH4.Sn.H2/c2*1-2-8-3-4-9-10(7-8)13-12(15)6-5-11(9)14;11-6-1-2-7-8(5-6)12-10(14)4-3-9(7)13;3*1-3-4-2;1-2;;;/h3-4,7H,2,5-6H2,1H3,(H,13,15);2-4,7H,1,5-6H2,(H,13,15);1-2,5H,3-4H2,(H,12,14);3*1,3-4H2,2H3;1H,2H2;1H4;;1H. The van der Waals surface area contributed by atoms with Crippen molar-refractivity contribution in [3.63, 3.8) is 0 Å². The van der Waals surface area contributed by atoms with E-state index in [1.165, 1.54) is 38.5 Å². The first-order chi connectivity index (χ1) is 28.3. The molecule has 0 unspecified atom stereocenters. The summed E-state index contributed by atoms with van der Waals surface area (Å²) < 4.78 is 8.17. The third kappa shape index (κ3) is 16.5. The van der Waals surface area contributed by atoms with Gasteiger partial charge in [-0.2, -0.15) is 0 Å². The van der Waals surface area contributed by atoms with Crippen LogP contribution in [0.15, 0.2) is 71.8 Å². The molecule has 0 saturated heterocycles. The molecule has 0 fully saturated rings. The number of carbonyl (C=O) groups excluding carboxylic acids is 6. The molecule has 0 bridgehead atoms. The minimum atomic E-state index is -1.85. The molecule has 0 radical (unpaired) electrons. The van der Waals surface area contributed by atoms with Crippen LogP contribution in [0.25, 0.3) is 6.08 Å². The summed E-state index contributed by atoms with van der Waals surface area (Å²) in [5, 5.41) is 8.22. The van der Waals surface area contributed by atoms with E-state index in [-0.39, 0.29) is 69.6 Å². The molecule has 6 rings (SSSR count). The fourth-order valence-corrected chi connectivity index (χ4v) is 20.5. The number of aryl methyl sites for hydroxylation is 1. The fraction of sp³-hybridized carbons (Fsp3) is 0.429. The van der Waals surface area contributed by atoms with Crippen molar-refractivity contribution in [2.24, 2.45) is 0 Å². The van der Waals surface area contributed by atoms with Crippen LogP contribution >= 0.6 is 22.6 Å². The van der Waals surface area contributed by atoms with Crippen molar-refractivity contribution in [1.29, 1.82) is 0 Å². The van der Waals surface area contributed by atoms with E-state index in [1.807, 2.05) is 43.3 Å². The van der Waals surface area contributed by atoms with Crippen LogP contribution in [0, 0.1) is 3.57 Å². The zero-order valence-electron chi connectivity index (χ0n) is 35.4. The number of carbonyl (C=O) groups is 6. The van der Waals surface area contributed by atoms with Gasteiger partial charge < -0.3 is 16.0 Å². The molecule has 3 amide bonds. The number of anilines is 3. The third-order valence-corrected chi connectivity index (χ3v) is 25.4. The summed E-state index contributed by atoms with van der Waals surface area (Å²) in [5.74, 6) is -0.169. The normalized spacial score (nSPS) is 14.3. The van der Waals surface area contributed by atoms with Gasteiger partial charge in [-0.15, -0.1) is 0 Å². The second-order valence-corrected chi connectivity index (χ2v) is 29.7. The summed E-state index contributed by atoms with van der Waals surface area (Å²) in [6.07, 6.45) is 12.8. The molecule has 3 heterocycles. The molecule has 0 saturated carbocycles. The Labute approximate surface area is 377 Å². The number of fused-ring (bicyclic) bond motifs is 3. The molecular formula is C49H68IN3O6Sn. The van der Waals surface area contributed by atoms with Gasteiger partial charge in [0.15, 0.2) is 17.3 Å². The number of Topliss-reactive ketones (excluding diaryl/α,β-unsaturated/α-hetero) is 3. The van der Waals surface area contributed by atoms with Crippen LogP contribution in [0.4, 0.5) is 17.1 Å². The maximum Gasteiger partial charge on any atom is 0.224 e. The number of hydrogen-bond acceptors (Lipinski definition) is 6. The van der Waals surface area contributed by atoms with Crippen molar-refractivity contribution in [3.8, 4) is 0 Å². The molecule has 0 atom stereocenters. The molecule has 3 aliphatic rings. The first kappa shape index (κ1) is 52.2. The number of ketones is 3. The van der Waals surface area contributed by atoms with E-state index in [4.69, 9.17) is 0 Å². The van der Waals surface area contributed by atoms with Gasteiger partial charge in [-0.05, 0) is 82.6 Å². The molecule has 3 N–H and O–H groups in total. The first-order valence-electron chi connectivity index (χ1n) is 21.1. The second-order valence-electron chi connectivity index (χ2n) is 15.2. The number of halogens is 1. The number of benzene rings is 3. The second kappa shape index (κ2) is 27.1. The Morgan fingerprint density at radius 3 is 1.38 bits per heavy atom. The van der Waals surface area contributed by atoms with Gasteiger partial charge in [0.05, 0.1) is 17.1 Å². The third-order valence-electron chi connectivity index (χ3n) is 10.7. The zero-order chi connectivity index (χ0) is 43.4. The van der Waals surface area contributed by atoms with Crippen LogP contribution in [0.5, 0.6) is 0 Å². The monoisotopic (exact) mass is 1040 g/mol. The van der Waals surface area contributed by atoms with Gasteiger partial charge in [-0.3, -0.25) is 28.8 Å². The van der Waals surface area contributed by atoms with Crippen molar-refractivity contribution < 1.29 is 30.2 Å². The molecule has 3 aromatic rings. The Morgan fingerprint density at radius 2 is 0.983 bits per heavy atom. The van der Waals surface area contributed by atoms with E-state index in [0.29, 0.717) is 46.6 Å². The predicted molar refractivity (Wildman–Crippen MR) is 262 cm³/mol. The molecular weight excluding hydrogens is 972 g/mol. The topological polar surface area (TPSA) is 139 Å². The average Bonchev–Trinajstić information content (AvgIpc) is 3.55. The predicted octanol–water partition coefficient (Wildman–Crippen LogP) is 13.1. The Hall–Kier alpha value is -3.91. The zero-order valence-corrected chi connectivity index (χ0v) is 40.4. The van der Waals surface area contributed by atoms with Crippen molar-refractivity contribution in [3.05, 3.63) is 103 Å².